The lowest BCUT2D eigenvalue weighted by molar-refractivity contribution is -0.126. The normalized spacial score (nSPS) is 22.2. The van der Waals surface area contributed by atoms with Gasteiger partial charge in [-0.25, -0.2) is 0 Å². The van der Waals surface area contributed by atoms with Crippen molar-refractivity contribution < 1.29 is 9.53 Å². The van der Waals surface area contributed by atoms with Crippen molar-refractivity contribution in [3.8, 4) is 5.75 Å². The van der Waals surface area contributed by atoms with Crippen molar-refractivity contribution in [1.29, 1.82) is 0 Å². The van der Waals surface area contributed by atoms with Gasteiger partial charge in [-0.2, -0.15) is 0 Å². The molecule has 0 radical (unpaired) electrons. The molecule has 1 fully saturated rings. The summed E-state index contributed by atoms with van der Waals surface area (Å²) in [5.74, 6) is 1.94. The number of hydrogen-bond acceptors (Lipinski definition) is 2. The van der Waals surface area contributed by atoms with Crippen molar-refractivity contribution in [1.82, 2.24) is 5.32 Å². The van der Waals surface area contributed by atoms with Gasteiger partial charge in [0.15, 0.2) is 0 Å². The van der Waals surface area contributed by atoms with Crippen LogP contribution in [0.1, 0.15) is 52.0 Å². The molecule has 2 rings (SSSR count). The van der Waals surface area contributed by atoms with Crippen LogP contribution in [0.2, 0.25) is 0 Å². The summed E-state index contributed by atoms with van der Waals surface area (Å²) >= 11 is 0. The number of nitrogens with one attached hydrogen (secondary N) is 1. The van der Waals surface area contributed by atoms with Gasteiger partial charge >= 0.3 is 0 Å². The molecule has 0 aromatic heterocycles. The third kappa shape index (κ3) is 4.25. The molecule has 1 aliphatic rings. The van der Waals surface area contributed by atoms with Gasteiger partial charge in [-0.05, 0) is 43.1 Å². The van der Waals surface area contributed by atoms with E-state index in [0.717, 1.165) is 42.9 Å². The largest absolute Gasteiger partial charge is 0.496 e. The number of para-hydroxylation sites is 1. The lowest BCUT2D eigenvalue weighted by Gasteiger charge is -2.36. The number of hydrogen-bond donors (Lipinski definition) is 1. The maximum absolute atomic E-state index is 12.4. The van der Waals surface area contributed by atoms with E-state index in [-0.39, 0.29) is 11.8 Å². The zero-order chi connectivity index (χ0) is 16.2. The fourth-order valence-corrected chi connectivity index (χ4v) is 3.40. The van der Waals surface area contributed by atoms with Crippen molar-refractivity contribution in [3.63, 3.8) is 0 Å². The summed E-state index contributed by atoms with van der Waals surface area (Å²) in [5, 5.41) is 3.08. The Kier molecular flexibility index (Phi) is 5.49. The molecule has 0 atom stereocenters. The van der Waals surface area contributed by atoms with Gasteiger partial charge in [0, 0.05) is 18.0 Å². The lowest BCUT2D eigenvalue weighted by Crippen LogP contribution is -2.35. The molecular weight excluding hydrogens is 274 g/mol. The van der Waals surface area contributed by atoms with Crippen LogP contribution < -0.4 is 10.1 Å². The lowest BCUT2D eigenvalue weighted by atomic mass is 9.69. The highest BCUT2D eigenvalue weighted by molar-refractivity contribution is 5.78. The Morgan fingerprint density at radius 2 is 1.82 bits per heavy atom. The Morgan fingerprint density at radius 1 is 1.18 bits per heavy atom. The Bertz CT molecular complexity index is 496. The highest BCUT2D eigenvalue weighted by Crippen LogP contribution is 2.39. The molecule has 0 bridgehead atoms. The number of methoxy groups -OCH3 is 1. The van der Waals surface area contributed by atoms with Crippen LogP contribution in [-0.4, -0.2) is 13.0 Å². The molecule has 3 nitrogen and oxygen atoms in total. The number of carbonyl (C=O) groups excluding carboxylic acids is 1. The summed E-state index contributed by atoms with van der Waals surface area (Å²) in [6, 6.07) is 7.84. The van der Waals surface area contributed by atoms with Crippen LogP contribution in [0.25, 0.3) is 0 Å². The molecule has 1 saturated carbocycles. The van der Waals surface area contributed by atoms with E-state index in [1.807, 2.05) is 24.3 Å². The number of amides is 1. The Morgan fingerprint density at radius 3 is 2.41 bits per heavy atom. The maximum Gasteiger partial charge on any atom is 0.223 e. The fraction of sp³-hybridized carbons (Fsp3) is 0.632. The average Bonchev–Trinajstić information content (AvgIpc) is 2.52. The predicted molar refractivity (Wildman–Crippen MR) is 89.7 cm³/mol. The van der Waals surface area contributed by atoms with Gasteiger partial charge < -0.3 is 10.1 Å². The predicted octanol–water partition coefficient (Wildman–Crippen LogP) is 4.16. The summed E-state index contributed by atoms with van der Waals surface area (Å²) < 4.78 is 5.32. The summed E-state index contributed by atoms with van der Waals surface area (Å²) in [4.78, 5) is 12.4. The smallest absolute Gasteiger partial charge is 0.223 e. The highest BCUT2D eigenvalue weighted by atomic mass is 16.5. The Hall–Kier alpha value is -1.51. The third-order valence-electron chi connectivity index (χ3n) is 4.97. The maximum atomic E-state index is 12.4. The Balaban J connectivity index is 1.84. The standard InChI is InChI=1S/C19H29NO2/c1-19(2,3)16-11-9-14(10-12-16)18(21)20-13-15-7-5-6-8-17(15)22-4/h5-8,14,16H,9-13H2,1-4H3,(H,20,21). The first kappa shape index (κ1) is 16.9. The second-order valence-electron chi connectivity index (χ2n) is 7.44. The zero-order valence-electron chi connectivity index (χ0n) is 14.3. The molecule has 122 valence electrons. The van der Waals surface area contributed by atoms with E-state index in [1.165, 1.54) is 0 Å². The minimum atomic E-state index is 0.174. The molecule has 3 heteroatoms. The zero-order valence-corrected chi connectivity index (χ0v) is 14.3. The third-order valence-corrected chi connectivity index (χ3v) is 4.97. The Labute approximate surface area is 134 Å². The van der Waals surface area contributed by atoms with Gasteiger partial charge in [0.05, 0.1) is 7.11 Å². The molecule has 0 aliphatic heterocycles. The minimum absolute atomic E-state index is 0.174. The summed E-state index contributed by atoms with van der Waals surface area (Å²) in [6.45, 7) is 7.46. The van der Waals surface area contributed by atoms with Crippen LogP contribution in [0.15, 0.2) is 24.3 Å². The van der Waals surface area contributed by atoms with Crippen molar-refractivity contribution in [2.24, 2.45) is 17.3 Å². The SMILES string of the molecule is COc1ccccc1CNC(=O)C1CCC(C(C)(C)C)CC1. The fourth-order valence-electron chi connectivity index (χ4n) is 3.40. The van der Waals surface area contributed by atoms with E-state index >= 15 is 0 Å². The molecule has 1 aliphatic carbocycles. The van der Waals surface area contributed by atoms with Gasteiger partial charge in [-0.1, -0.05) is 39.0 Å². The van der Waals surface area contributed by atoms with Crippen LogP contribution in [0.5, 0.6) is 5.75 Å². The van der Waals surface area contributed by atoms with Crippen LogP contribution >= 0.6 is 0 Å². The molecule has 1 N–H and O–H groups in total. The number of ether oxygens (including phenoxy) is 1. The first-order valence-electron chi connectivity index (χ1n) is 8.31. The summed E-state index contributed by atoms with van der Waals surface area (Å²) in [6.07, 6.45) is 4.35. The first-order chi connectivity index (χ1) is 10.4. The molecule has 22 heavy (non-hydrogen) atoms. The number of carbonyl (C=O) groups is 1. The molecule has 1 amide bonds. The van der Waals surface area contributed by atoms with E-state index in [1.54, 1.807) is 7.11 Å². The topological polar surface area (TPSA) is 38.3 Å². The van der Waals surface area contributed by atoms with E-state index in [0.29, 0.717) is 12.0 Å². The van der Waals surface area contributed by atoms with Crippen molar-refractivity contribution in [3.05, 3.63) is 29.8 Å². The van der Waals surface area contributed by atoms with Gasteiger partial charge in [0.1, 0.15) is 5.75 Å². The van der Waals surface area contributed by atoms with E-state index in [4.69, 9.17) is 4.74 Å². The van der Waals surface area contributed by atoms with Crippen molar-refractivity contribution in [2.45, 2.75) is 53.0 Å². The van der Waals surface area contributed by atoms with E-state index < -0.39 is 0 Å². The minimum Gasteiger partial charge on any atom is -0.496 e. The van der Waals surface area contributed by atoms with Crippen LogP contribution in [-0.2, 0) is 11.3 Å². The summed E-state index contributed by atoms with van der Waals surface area (Å²) in [5.41, 5.74) is 1.39. The average molecular weight is 303 g/mol. The molecule has 0 unspecified atom stereocenters. The van der Waals surface area contributed by atoms with Crippen molar-refractivity contribution in [2.75, 3.05) is 7.11 Å². The second kappa shape index (κ2) is 7.17. The molecule has 0 heterocycles. The summed E-state index contributed by atoms with van der Waals surface area (Å²) in [7, 11) is 1.66. The number of rotatable bonds is 4. The van der Waals surface area contributed by atoms with Crippen LogP contribution in [0.3, 0.4) is 0 Å². The van der Waals surface area contributed by atoms with Gasteiger partial charge in [0.25, 0.3) is 0 Å². The molecule has 0 spiro atoms. The number of benzene rings is 1. The molecule has 1 aromatic carbocycles. The van der Waals surface area contributed by atoms with Crippen LogP contribution in [0, 0.1) is 17.3 Å². The van der Waals surface area contributed by atoms with E-state index in [9.17, 15) is 4.79 Å². The second-order valence-corrected chi connectivity index (χ2v) is 7.44. The van der Waals surface area contributed by atoms with Crippen molar-refractivity contribution >= 4 is 5.91 Å². The van der Waals surface area contributed by atoms with Gasteiger partial charge in [-0.15, -0.1) is 0 Å². The van der Waals surface area contributed by atoms with Crippen LogP contribution in [0.4, 0.5) is 0 Å². The quantitative estimate of drug-likeness (QED) is 0.907. The molecular formula is C19H29NO2. The highest BCUT2D eigenvalue weighted by Gasteiger charge is 2.32. The van der Waals surface area contributed by atoms with Gasteiger partial charge in [0.2, 0.25) is 5.91 Å². The molecule has 1 aromatic rings. The molecule has 0 saturated heterocycles. The first-order valence-corrected chi connectivity index (χ1v) is 8.31. The van der Waals surface area contributed by atoms with Gasteiger partial charge in [-0.3, -0.25) is 4.79 Å². The monoisotopic (exact) mass is 303 g/mol. The van der Waals surface area contributed by atoms with E-state index in [2.05, 4.69) is 26.1 Å².